The number of fused-ring (bicyclic) bond motifs is 1. The van der Waals surface area contributed by atoms with Gasteiger partial charge in [0.15, 0.2) is 5.71 Å². The minimum atomic E-state index is -1.17. The maximum absolute atomic E-state index is 11.9. The van der Waals surface area contributed by atoms with Gasteiger partial charge in [0.2, 0.25) is 6.10 Å². The van der Waals surface area contributed by atoms with Gasteiger partial charge in [-0.25, -0.2) is 4.79 Å². The fourth-order valence-corrected chi connectivity index (χ4v) is 2.34. The Hall–Kier alpha value is -2.57. The zero-order chi connectivity index (χ0) is 14.8. The van der Waals surface area contributed by atoms with Gasteiger partial charge >= 0.3 is 5.97 Å². The van der Waals surface area contributed by atoms with E-state index in [1.807, 2.05) is 24.3 Å². The van der Waals surface area contributed by atoms with Gasteiger partial charge in [-0.2, -0.15) is 0 Å². The van der Waals surface area contributed by atoms with Crippen LogP contribution in [0.3, 0.4) is 0 Å². The first-order chi connectivity index (χ1) is 10.1. The van der Waals surface area contributed by atoms with Crippen LogP contribution in [0.4, 0.5) is 0 Å². The number of oxime groups is 1. The third kappa shape index (κ3) is 2.81. The molecule has 0 aliphatic carbocycles. The van der Waals surface area contributed by atoms with Gasteiger partial charge in [0, 0.05) is 12.8 Å². The zero-order valence-electron chi connectivity index (χ0n) is 11.1. The van der Waals surface area contributed by atoms with E-state index in [4.69, 9.17) is 14.7 Å². The van der Waals surface area contributed by atoms with E-state index in [1.165, 1.54) is 0 Å². The predicted octanol–water partition coefficient (Wildman–Crippen LogP) is 0.336. The fourth-order valence-electron chi connectivity index (χ4n) is 2.34. The van der Waals surface area contributed by atoms with Gasteiger partial charge in [0.05, 0.1) is 6.54 Å². The van der Waals surface area contributed by atoms with Gasteiger partial charge < -0.3 is 20.0 Å². The summed E-state index contributed by atoms with van der Waals surface area (Å²) >= 11 is 0. The van der Waals surface area contributed by atoms with Crippen LogP contribution in [-0.2, 0) is 20.8 Å². The maximum atomic E-state index is 11.9. The number of hydrogen-bond acceptors (Lipinski definition) is 5. The van der Waals surface area contributed by atoms with E-state index in [-0.39, 0.29) is 24.1 Å². The second-order valence-electron chi connectivity index (χ2n) is 4.94. The Kier molecular flexibility index (Phi) is 3.47. The average molecular weight is 290 g/mol. The highest BCUT2D eigenvalue weighted by Crippen LogP contribution is 2.27. The van der Waals surface area contributed by atoms with E-state index < -0.39 is 12.1 Å². The number of ether oxygens (including phenoxy) is 1. The number of carboxylic acids is 1. The van der Waals surface area contributed by atoms with Crippen LogP contribution in [0.2, 0.25) is 0 Å². The highest BCUT2D eigenvalue weighted by Gasteiger charge is 2.32. The summed E-state index contributed by atoms with van der Waals surface area (Å²) in [5, 5.41) is 14.8. The van der Waals surface area contributed by atoms with E-state index in [1.54, 1.807) is 0 Å². The third-order valence-corrected chi connectivity index (χ3v) is 3.43. The molecule has 1 aromatic rings. The number of amides is 1. The van der Waals surface area contributed by atoms with Crippen LogP contribution in [0.5, 0.6) is 5.75 Å². The molecular weight excluding hydrogens is 276 g/mol. The van der Waals surface area contributed by atoms with Crippen LogP contribution in [0.25, 0.3) is 0 Å². The molecule has 0 saturated carbocycles. The largest absolute Gasteiger partial charge is 0.488 e. The zero-order valence-corrected chi connectivity index (χ0v) is 11.1. The highest BCUT2D eigenvalue weighted by molar-refractivity contribution is 6.36. The number of carboxylic acid groups (broad SMARTS) is 1. The predicted molar refractivity (Wildman–Crippen MR) is 72.1 cm³/mol. The summed E-state index contributed by atoms with van der Waals surface area (Å²) in [7, 11) is 0. The van der Waals surface area contributed by atoms with Crippen molar-refractivity contribution in [2.75, 3.05) is 6.54 Å². The Morgan fingerprint density at radius 1 is 1.33 bits per heavy atom. The topological polar surface area (TPSA) is 97.2 Å². The van der Waals surface area contributed by atoms with Crippen LogP contribution >= 0.6 is 0 Å². The maximum Gasteiger partial charge on any atom is 0.353 e. The molecule has 2 heterocycles. The molecule has 0 saturated heterocycles. The minimum absolute atomic E-state index is 0.0209. The van der Waals surface area contributed by atoms with Crippen molar-refractivity contribution in [3.63, 3.8) is 0 Å². The lowest BCUT2D eigenvalue weighted by molar-refractivity contribution is -0.131. The van der Waals surface area contributed by atoms with Crippen LogP contribution in [0.1, 0.15) is 12.0 Å². The number of hydrogen-bond donors (Lipinski definition) is 2. The average Bonchev–Trinajstić information content (AvgIpc) is 3.11. The second kappa shape index (κ2) is 5.43. The smallest absolute Gasteiger partial charge is 0.353 e. The first-order valence-corrected chi connectivity index (χ1v) is 6.61. The van der Waals surface area contributed by atoms with Crippen LogP contribution in [0.15, 0.2) is 29.4 Å². The molecule has 1 amide bonds. The lowest BCUT2D eigenvalue weighted by atomic mass is 10.1. The molecule has 7 nitrogen and oxygen atoms in total. The van der Waals surface area contributed by atoms with Crippen molar-refractivity contribution >= 4 is 17.6 Å². The summed E-state index contributed by atoms with van der Waals surface area (Å²) in [5.74, 6) is -0.709. The Balaban J connectivity index is 1.47. The first-order valence-electron chi connectivity index (χ1n) is 6.61. The Morgan fingerprint density at radius 2 is 2.14 bits per heavy atom. The summed E-state index contributed by atoms with van der Waals surface area (Å²) in [6.45, 7) is 0.343. The van der Waals surface area contributed by atoms with Crippen LogP contribution < -0.4 is 10.1 Å². The standard InChI is InChI=1S/C14H14N2O5/c17-13(12-6-10(14(18)19)16-21-12)15-7-9-5-8-3-1-2-4-11(8)20-9/h1-4,9,12H,5-7H2,(H,15,17)(H,18,19). The number of rotatable bonds is 4. The Bertz CT molecular complexity index is 588. The quantitative estimate of drug-likeness (QED) is 0.833. The van der Waals surface area contributed by atoms with Gasteiger partial charge in [-0.1, -0.05) is 23.4 Å². The normalized spacial score (nSPS) is 22.8. The van der Waals surface area contributed by atoms with Crippen molar-refractivity contribution in [2.24, 2.45) is 5.16 Å². The van der Waals surface area contributed by atoms with E-state index in [0.29, 0.717) is 6.54 Å². The summed E-state index contributed by atoms with van der Waals surface area (Å²) in [5.41, 5.74) is 0.977. The van der Waals surface area contributed by atoms with Crippen molar-refractivity contribution in [3.05, 3.63) is 29.8 Å². The molecule has 1 aromatic carbocycles. The summed E-state index contributed by atoms with van der Waals surface area (Å²) in [4.78, 5) is 27.4. The monoisotopic (exact) mass is 290 g/mol. The first kappa shape index (κ1) is 13.4. The van der Waals surface area contributed by atoms with E-state index in [9.17, 15) is 9.59 Å². The summed E-state index contributed by atoms with van der Waals surface area (Å²) in [6.07, 6.45) is -0.279. The number of benzene rings is 1. The molecule has 7 heteroatoms. The number of nitrogens with zero attached hydrogens (tertiary/aromatic N) is 1. The molecule has 2 aliphatic rings. The van der Waals surface area contributed by atoms with Gasteiger partial charge in [0.1, 0.15) is 11.9 Å². The number of nitrogens with one attached hydrogen (secondary N) is 1. The molecule has 0 spiro atoms. The van der Waals surface area contributed by atoms with E-state index in [0.717, 1.165) is 17.7 Å². The van der Waals surface area contributed by atoms with Gasteiger partial charge in [0.25, 0.3) is 5.91 Å². The molecule has 0 aromatic heterocycles. The number of aliphatic carboxylic acids is 1. The molecule has 0 fully saturated rings. The van der Waals surface area contributed by atoms with Crippen molar-refractivity contribution in [3.8, 4) is 5.75 Å². The third-order valence-electron chi connectivity index (χ3n) is 3.43. The van der Waals surface area contributed by atoms with Crippen molar-refractivity contribution in [2.45, 2.75) is 25.0 Å². The molecule has 0 radical (unpaired) electrons. The summed E-state index contributed by atoms with van der Waals surface area (Å²) in [6, 6.07) is 7.73. The molecule has 2 unspecified atom stereocenters. The molecule has 0 bridgehead atoms. The molecule has 2 aliphatic heterocycles. The van der Waals surface area contributed by atoms with Crippen LogP contribution in [0, 0.1) is 0 Å². The van der Waals surface area contributed by atoms with Gasteiger partial charge in [-0.3, -0.25) is 4.79 Å². The highest BCUT2D eigenvalue weighted by atomic mass is 16.6. The van der Waals surface area contributed by atoms with Crippen molar-refractivity contribution in [1.82, 2.24) is 5.32 Å². The number of carbonyl (C=O) groups excluding carboxylic acids is 1. The summed E-state index contributed by atoms with van der Waals surface area (Å²) < 4.78 is 5.70. The minimum Gasteiger partial charge on any atom is -0.488 e. The molecule has 2 atom stereocenters. The molecule has 21 heavy (non-hydrogen) atoms. The number of carbonyl (C=O) groups is 2. The molecule has 3 rings (SSSR count). The molecular formula is C14H14N2O5. The Morgan fingerprint density at radius 3 is 2.86 bits per heavy atom. The SMILES string of the molecule is O=C(O)C1=NOC(C(=O)NCC2Cc3ccccc3O2)C1. The fraction of sp³-hybridized carbons (Fsp3) is 0.357. The van der Waals surface area contributed by atoms with Crippen molar-refractivity contribution in [1.29, 1.82) is 0 Å². The lowest BCUT2D eigenvalue weighted by Crippen LogP contribution is -2.40. The van der Waals surface area contributed by atoms with Crippen LogP contribution in [-0.4, -0.2) is 41.4 Å². The van der Waals surface area contributed by atoms with Crippen molar-refractivity contribution < 1.29 is 24.3 Å². The second-order valence-corrected chi connectivity index (χ2v) is 4.94. The Labute approximate surface area is 120 Å². The van der Waals surface area contributed by atoms with E-state index >= 15 is 0 Å². The van der Waals surface area contributed by atoms with Gasteiger partial charge in [-0.15, -0.1) is 0 Å². The van der Waals surface area contributed by atoms with E-state index in [2.05, 4.69) is 10.5 Å². The molecule has 110 valence electrons. The van der Waals surface area contributed by atoms with Gasteiger partial charge in [-0.05, 0) is 11.6 Å². The lowest BCUT2D eigenvalue weighted by Gasteiger charge is -2.13. The molecule has 2 N–H and O–H groups in total. The number of para-hydroxylation sites is 1.